The first kappa shape index (κ1) is 43.0. The summed E-state index contributed by atoms with van der Waals surface area (Å²) < 4.78 is 17.1. The first-order valence-corrected chi connectivity index (χ1v) is 4.38. The average molecular weight is 390 g/mol. The molecule has 15 heavy (non-hydrogen) atoms. The summed E-state index contributed by atoms with van der Waals surface area (Å²) in [5, 5.41) is 0. The van der Waals surface area contributed by atoms with Gasteiger partial charge in [-0.05, 0) is 0 Å². The van der Waals surface area contributed by atoms with E-state index in [2.05, 4.69) is 0 Å². The normalized spacial score (nSPS) is 7.87. The predicted octanol–water partition coefficient (Wildman–Crippen LogP) is -7.55. The van der Waals surface area contributed by atoms with E-state index in [1.807, 2.05) is 0 Å². The molecule has 0 fully saturated rings. The van der Waals surface area contributed by atoms with Gasteiger partial charge in [0.2, 0.25) is 0 Å². The van der Waals surface area contributed by atoms with E-state index in [9.17, 15) is 0 Å². The predicted molar refractivity (Wildman–Crippen MR) is 44.0 cm³/mol. The van der Waals surface area contributed by atoms with Gasteiger partial charge in [0.05, 0.1) is 0 Å². The Bertz CT molecular complexity index is 133. The van der Waals surface area contributed by atoms with Crippen molar-refractivity contribution in [1.29, 1.82) is 0 Å². The fourth-order valence-electron chi connectivity index (χ4n) is 0. The summed E-state index contributed by atoms with van der Waals surface area (Å²) in [5.74, 6) is 0. The third-order valence-corrected chi connectivity index (χ3v) is 0. The van der Waals surface area contributed by atoms with Crippen LogP contribution in [0.25, 0.3) is 0 Å². The second kappa shape index (κ2) is 22.8. The first-order valence-electron chi connectivity index (χ1n) is 1.46. The maximum absolute atomic E-state index is 8.55. The van der Waals surface area contributed by atoms with Gasteiger partial charge in [-0.2, -0.15) is 15.6 Å². The Morgan fingerprint density at radius 2 is 0.467 bits per heavy atom. The first-order chi connectivity index (χ1) is 4.00. The monoisotopic (exact) mass is 390 g/mol. The van der Waals surface area contributed by atoms with Gasteiger partial charge in [-0.3, -0.25) is 0 Å². The molecule has 64 valence electrons. The Labute approximate surface area is 236 Å². The van der Waals surface area contributed by atoms with Crippen molar-refractivity contribution < 1.29 is 38.5 Å². The van der Waals surface area contributed by atoms with Gasteiger partial charge in [0, 0.05) is 0 Å². The van der Waals surface area contributed by atoms with E-state index in [4.69, 9.17) is 38.5 Å². The average Bonchev–Trinajstić information content (AvgIpc) is 1.12. The zero-order chi connectivity index (χ0) is 9.00. The Morgan fingerprint density at radius 1 is 0.467 bits per heavy atom. The molecule has 0 saturated heterocycles. The maximum atomic E-state index is 8.55. The van der Waals surface area contributed by atoms with Gasteiger partial charge in [0.25, 0.3) is 0 Å². The molecule has 0 aromatic carbocycles. The molecule has 0 aliphatic rings. The van der Waals surface area contributed by atoms with Gasteiger partial charge in [-0.25, -0.2) is 0 Å². The molecule has 0 rings (SSSR count). The number of phosphoric acid groups is 2. The van der Waals surface area contributed by atoms with Crippen molar-refractivity contribution in [2.24, 2.45) is 0 Å². The SMILES string of the molecule is O=P([O-])([O-])[O-].O=P([O-])([O-])[O-].[Ca+2].[Ca+2].[Ca+2].[Ca+2].[Ca+2]. The van der Waals surface area contributed by atoms with E-state index in [0.717, 1.165) is 0 Å². The summed E-state index contributed by atoms with van der Waals surface area (Å²) >= 11 is 0. The van der Waals surface area contributed by atoms with E-state index >= 15 is 0 Å². The van der Waals surface area contributed by atoms with E-state index in [1.54, 1.807) is 0 Å². The van der Waals surface area contributed by atoms with Crippen LogP contribution in [0.5, 0.6) is 0 Å². The summed E-state index contributed by atoms with van der Waals surface area (Å²) in [4.78, 5) is 51.3. The van der Waals surface area contributed by atoms with Crippen molar-refractivity contribution in [1.82, 2.24) is 0 Å². The van der Waals surface area contributed by atoms with Gasteiger partial charge < -0.3 is 38.5 Å². The zero-order valence-corrected chi connectivity index (χ0v) is 20.5. The van der Waals surface area contributed by atoms with Crippen LogP contribution in [0.2, 0.25) is 0 Å². The summed E-state index contributed by atoms with van der Waals surface area (Å²) in [6, 6.07) is 0. The molecular weight excluding hydrogens is 390 g/mol. The molecule has 0 spiro atoms. The van der Waals surface area contributed by atoms with Gasteiger partial charge in [-0.15, -0.1) is 0 Å². The molecule has 0 aliphatic heterocycles. The van der Waals surface area contributed by atoms with Crippen molar-refractivity contribution in [2.75, 3.05) is 0 Å². The maximum Gasteiger partial charge on any atom is 2.00 e. The topological polar surface area (TPSA) is 172 Å². The van der Waals surface area contributed by atoms with E-state index in [-0.39, 0.29) is 189 Å². The van der Waals surface area contributed by atoms with Crippen molar-refractivity contribution in [2.45, 2.75) is 0 Å². The number of rotatable bonds is 0. The molecule has 0 aromatic heterocycles. The molecule has 0 aliphatic carbocycles. The second-order valence-corrected chi connectivity index (χ2v) is 2.68. The second-order valence-electron chi connectivity index (χ2n) is 0.894. The molecule has 0 atom stereocenters. The molecule has 0 bridgehead atoms. The van der Waals surface area contributed by atoms with Crippen LogP contribution < -0.4 is 29.4 Å². The van der Waals surface area contributed by atoms with Gasteiger partial charge in [-0.1, -0.05) is 0 Å². The van der Waals surface area contributed by atoms with Gasteiger partial charge in [0.1, 0.15) is 0 Å². The Kier molecular flexibility index (Phi) is 65.3. The van der Waals surface area contributed by atoms with Gasteiger partial charge in [0.15, 0.2) is 0 Å². The molecule has 0 radical (unpaired) electrons. The minimum atomic E-state index is -5.39. The third-order valence-electron chi connectivity index (χ3n) is 0. The molecule has 0 aromatic rings. The van der Waals surface area contributed by atoms with E-state index in [1.165, 1.54) is 0 Å². The quantitative estimate of drug-likeness (QED) is 0.290. The van der Waals surface area contributed by atoms with Crippen LogP contribution in [0.1, 0.15) is 0 Å². The minimum absolute atomic E-state index is 0. The fraction of sp³-hybridized carbons (Fsp3) is 0. The summed E-state index contributed by atoms with van der Waals surface area (Å²) in [5.41, 5.74) is 0. The summed E-state index contributed by atoms with van der Waals surface area (Å²) in [6.45, 7) is 0. The van der Waals surface area contributed by atoms with E-state index < -0.39 is 15.6 Å². The summed E-state index contributed by atoms with van der Waals surface area (Å²) in [6.07, 6.45) is 0. The van der Waals surface area contributed by atoms with Crippen molar-refractivity contribution in [3.05, 3.63) is 0 Å². The van der Waals surface area contributed by atoms with E-state index in [0.29, 0.717) is 0 Å². The zero-order valence-electron chi connectivity index (χ0n) is 7.70. The summed E-state index contributed by atoms with van der Waals surface area (Å²) in [7, 11) is -10.8. The largest absolute Gasteiger partial charge is 2.00 e. The Balaban J connectivity index is -0.0000000128. The Hall–Kier alpha value is 6.52. The van der Waals surface area contributed by atoms with Crippen LogP contribution in [0, 0.1) is 0 Å². The van der Waals surface area contributed by atoms with Gasteiger partial charge >= 0.3 is 189 Å². The van der Waals surface area contributed by atoms with Crippen LogP contribution >= 0.6 is 15.6 Å². The third kappa shape index (κ3) is 166. The molecule has 0 saturated carbocycles. The number of hydrogen-bond donors (Lipinski definition) is 0. The molecule has 0 N–H and O–H groups in total. The molecule has 0 heterocycles. The van der Waals surface area contributed by atoms with Crippen molar-refractivity contribution >= 4 is 204 Å². The van der Waals surface area contributed by atoms with Crippen LogP contribution in [-0.2, 0) is 9.13 Å². The molecule has 0 amide bonds. The van der Waals surface area contributed by atoms with Crippen LogP contribution in [0.3, 0.4) is 0 Å². The fourth-order valence-corrected chi connectivity index (χ4v) is 0. The smallest absolute Gasteiger partial charge is 0.822 e. The Morgan fingerprint density at radius 3 is 0.467 bits per heavy atom. The minimum Gasteiger partial charge on any atom is -0.822 e. The molecule has 8 nitrogen and oxygen atoms in total. The van der Waals surface area contributed by atoms with Crippen molar-refractivity contribution in [3.8, 4) is 0 Å². The van der Waals surface area contributed by atoms with Crippen LogP contribution in [0.4, 0.5) is 0 Å². The molecular formula is Ca5O8P2+4. The molecule has 0 unspecified atom stereocenters. The van der Waals surface area contributed by atoms with Crippen LogP contribution in [-0.4, -0.2) is 189 Å². The van der Waals surface area contributed by atoms with Crippen molar-refractivity contribution in [3.63, 3.8) is 0 Å². The number of hydrogen-bond acceptors (Lipinski definition) is 8. The molecule has 15 heteroatoms. The van der Waals surface area contributed by atoms with Crippen LogP contribution in [0.15, 0.2) is 0 Å². The standard InChI is InChI=1S/5Ca.2H3O4P/c;;;;;2*1-5(2,3)4/h;;;;;2*(H3,1,2,3,4)/q5*+2;;/p-6.